The Morgan fingerprint density at radius 1 is 0.588 bits per heavy atom. The Bertz CT molecular complexity index is 2740. The Labute approximate surface area is 302 Å². The minimum absolute atomic E-state index is 0.00253. The summed E-state index contributed by atoms with van der Waals surface area (Å²) < 4.78 is 9.32. The maximum absolute atomic E-state index is 6.68. The van der Waals surface area contributed by atoms with Crippen LogP contribution in [0.3, 0.4) is 0 Å². The van der Waals surface area contributed by atoms with Crippen LogP contribution in [0.4, 0.5) is 28.4 Å². The van der Waals surface area contributed by atoms with E-state index in [4.69, 9.17) is 4.74 Å². The fraction of sp³-hybridized carbons (Fsp3) is 0.0870. The molecule has 242 valence electrons. The smallest absolute Gasteiger partial charge is 0.343 e. The summed E-state index contributed by atoms with van der Waals surface area (Å²) >= 11 is 1.93. The van der Waals surface area contributed by atoms with E-state index < -0.39 is 0 Å². The van der Waals surface area contributed by atoms with Gasteiger partial charge in [0.1, 0.15) is 5.75 Å². The lowest BCUT2D eigenvalue weighted by Crippen LogP contribution is -2.61. The van der Waals surface area contributed by atoms with Crippen LogP contribution in [0.15, 0.2) is 146 Å². The number of ether oxygens (including phenoxy) is 1. The molecule has 8 aromatic rings. The molecule has 0 fully saturated rings. The number of anilines is 5. The molecule has 0 atom stereocenters. The maximum Gasteiger partial charge on any atom is 0.343 e. The van der Waals surface area contributed by atoms with Crippen LogP contribution < -0.4 is 24.7 Å². The first-order chi connectivity index (χ1) is 25.0. The number of rotatable bonds is 2. The number of benzene rings is 7. The molecule has 0 saturated heterocycles. The molecule has 0 unspecified atom stereocenters. The number of fused-ring (bicyclic) bond motifs is 10. The zero-order chi connectivity index (χ0) is 34.0. The van der Waals surface area contributed by atoms with Crippen molar-refractivity contribution in [3.05, 3.63) is 151 Å². The highest BCUT2D eigenvalue weighted by molar-refractivity contribution is 7.32. The molecule has 0 bridgehead atoms. The van der Waals surface area contributed by atoms with Gasteiger partial charge in [-0.1, -0.05) is 124 Å². The Morgan fingerprint density at radius 3 is 2.20 bits per heavy atom. The Kier molecular flexibility index (Phi) is 5.90. The van der Waals surface area contributed by atoms with Crippen molar-refractivity contribution in [2.24, 2.45) is 0 Å². The average molecular weight is 673 g/mol. The van der Waals surface area contributed by atoms with E-state index in [1.165, 1.54) is 76.0 Å². The number of thiophene rings is 1. The van der Waals surface area contributed by atoms with E-state index in [-0.39, 0.29) is 12.3 Å². The second kappa shape index (κ2) is 10.4. The van der Waals surface area contributed by atoms with Gasteiger partial charge >= 0.3 is 6.85 Å². The molecular weight excluding hydrogens is 639 g/mol. The van der Waals surface area contributed by atoms with Crippen LogP contribution in [0.5, 0.6) is 11.5 Å². The number of para-hydroxylation sites is 3. The molecule has 7 aromatic carbocycles. The zero-order valence-corrected chi connectivity index (χ0v) is 29.5. The third kappa shape index (κ3) is 4.01. The normalized spacial score (nSPS) is 13.8. The monoisotopic (exact) mass is 672 g/mol. The van der Waals surface area contributed by atoms with Gasteiger partial charge in [0.05, 0.1) is 22.7 Å². The van der Waals surface area contributed by atoms with Gasteiger partial charge in [0.2, 0.25) is 0 Å². The van der Waals surface area contributed by atoms with E-state index in [1.807, 2.05) is 11.3 Å². The van der Waals surface area contributed by atoms with Crippen molar-refractivity contribution in [2.75, 3.05) is 9.71 Å². The molecule has 11 rings (SSSR count). The lowest BCUT2D eigenvalue weighted by atomic mass is 9.46. The van der Waals surface area contributed by atoms with E-state index in [1.54, 1.807) is 0 Å². The number of hydrogen-bond donors (Lipinski definition) is 0. The average Bonchev–Trinajstić information content (AvgIpc) is 3.54. The van der Waals surface area contributed by atoms with Gasteiger partial charge in [0.25, 0.3) is 0 Å². The Hall–Kier alpha value is -5.78. The molecule has 0 saturated carbocycles. The standard InChI is InChI=1S/C46H33BN2OS/c1-46(2,3)30-24-25-35(34(27-30)28-14-5-4-6-15-28)48-37-26-29-16-7-8-17-31(29)41-33-19-13-22-39-43(33)49(36-20-10-11-21-38(36)50-39)47(42(37)41)45-44(48)32-18-9-12-23-40(32)51-45/h4-27H,1-3H3. The van der Waals surface area contributed by atoms with Gasteiger partial charge in [-0.05, 0) is 80.8 Å². The minimum atomic E-state index is -0.0454. The largest absolute Gasteiger partial charge is 0.453 e. The summed E-state index contributed by atoms with van der Waals surface area (Å²) in [5.74, 6) is 1.79. The van der Waals surface area contributed by atoms with Gasteiger partial charge in [-0.15, -0.1) is 11.3 Å². The quantitative estimate of drug-likeness (QED) is 0.170. The molecule has 51 heavy (non-hydrogen) atoms. The van der Waals surface area contributed by atoms with E-state index in [2.05, 4.69) is 176 Å². The first-order valence-corrected chi connectivity index (χ1v) is 18.5. The molecular formula is C46H33BN2OS. The number of nitrogens with zero attached hydrogens (tertiary/aromatic N) is 2. The fourth-order valence-electron chi connectivity index (χ4n) is 8.67. The molecule has 1 aromatic heterocycles. The second-order valence-corrected chi connectivity index (χ2v) is 16.0. The van der Waals surface area contributed by atoms with Crippen LogP contribution in [-0.2, 0) is 5.41 Å². The van der Waals surface area contributed by atoms with Gasteiger partial charge in [-0.3, -0.25) is 0 Å². The summed E-state index contributed by atoms with van der Waals surface area (Å²) in [5, 5.41) is 3.77. The topological polar surface area (TPSA) is 15.7 Å². The highest BCUT2D eigenvalue weighted by atomic mass is 32.1. The Balaban J connectivity index is 1.32. The SMILES string of the molecule is CC(C)(C)c1ccc(N2c3cc4ccccc4c4c3B(c3sc5ccccc5c32)N2c3ccccc3Oc3cccc-4c32)c(-c2ccccc2)c1. The van der Waals surface area contributed by atoms with Crippen LogP contribution in [0.2, 0.25) is 0 Å². The molecule has 0 amide bonds. The predicted octanol–water partition coefficient (Wildman–Crippen LogP) is 11.8. The van der Waals surface area contributed by atoms with Gasteiger partial charge in [0, 0.05) is 31.7 Å². The lowest BCUT2D eigenvalue weighted by molar-refractivity contribution is 0.478. The van der Waals surface area contributed by atoms with Crippen molar-refractivity contribution in [1.82, 2.24) is 0 Å². The summed E-state index contributed by atoms with van der Waals surface area (Å²) in [6.07, 6.45) is 0. The first-order valence-electron chi connectivity index (χ1n) is 17.7. The van der Waals surface area contributed by atoms with Gasteiger partial charge in [-0.2, -0.15) is 0 Å². The summed E-state index contributed by atoms with van der Waals surface area (Å²) in [7, 11) is 0. The summed E-state index contributed by atoms with van der Waals surface area (Å²) in [6, 6.07) is 53.5. The summed E-state index contributed by atoms with van der Waals surface area (Å²) in [5.41, 5.74) is 13.6. The zero-order valence-electron chi connectivity index (χ0n) is 28.6. The van der Waals surface area contributed by atoms with Gasteiger partial charge < -0.3 is 14.4 Å². The number of hydrogen-bond acceptors (Lipinski definition) is 4. The van der Waals surface area contributed by atoms with Crippen molar-refractivity contribution in [2.45, 2.75) is 26.2 Å². The minimum Gasteiger partial charge on any atom is -0.453 e. The van der Waals surface area contributed by atoms with Crippen LogP contribution in [-0.4, -0.2) is 6.85 Å². The molecule has 3 nitrogen and oxygen atoms in total. The predicted molar refractivity (Wildman–Crippen MR) is 217 cm³/mol. The lowest BCUT2D eigenvalue weighted by Gasteiger charge is -2.47. The van der Waals surface area contributed by atoms with Crippen LogP contribution in [0, 0.1) is 0 Å². The van der Waals surface area contributed by atoms with E-state index >= 15 is 0 Å². The second-order valence-electron chi connectivity index (χ2n) is 14.9. The first kappa shape index (κ1) is 29.0. The van der Waals surface area contributed by atoms with E-state index in [0.29, 0.717) is 0 Å². The van der Waals surface area contributed by atoms with Crippen molar-refractivity contribution < 1.29 is 4.74 Å². The molecule has 5 heteroatoms. The third-order valence-electron chi connectivity index (χ3n) is 10.9. The highest BCUT2D eigenvalue weighted by Gasteiger charge is 2.50. The summed E-state index contributed by atoms with van der Waals surface area (Å²) in [4.78, 5) is 5.18. The maximum atomic E-state index is 6.68. The summed E-state index contributed by atoms with van der Waals surface area (Å²) in [6.45, 7) is 6.87. The molecule has 4 heterocycles. The molecule has 0 radical (unpaired) electrons. The fourth-order valence-corrected chi connectivity index (χ4v) is 9.96. The Morgan fingerprint density at radius 2 is 1.33 bits per heavy atom. The van der Waals surface area contributed by atoms with Crippen LogP contribution >= 0.6 is 11.3 Å². The van der Waals surface area contributed by atoms with Crippen molar-refractivity contribution in [3.8, 4) is 33.8 Å². The van der Waals surface area contributed by atoms with Crippen molar-refractivity contribution in [1.29, 1.82) is 0 Å². The highest BCUT2D eigenvalue weighted by Crippen LogP contribution is 2.57. The molecule has 0 N–H and O–H groups in total. The van der Waals surface area contributed by atoms with Crippen LogP contribution in [0.25, 0.3) is 43.1 Å². The van der Waals surface area contributed by atoms with Gasteiger partial charge in [-0.25, -0.2) is 0 Å². The van der Waals surface area contributed by atoms with Crippen LogP contribution in [0.1, 0.15) is 26.3 Å². The van der Waals surface area contributed by atoms with Crippen molar-refractivity contribution >= 4 is 77.7 Å². The van der Waals surface area contributed by atoms with Gasteiger partial charge in [0.15, 0.2) is 5.75 Å². The van der Waals surface area contributed by atoms with E-state index in [9.17, 15) is 0 Å². The van der Waals surface area contributed by atoms with E-state index in [0.717, 1.165) is 22.9 Å². The molecule has 0 spiro atoms. The molecule has 3 aliphatic heterocycles. The third-order valence-corrected chi connectivity index (χ3v) is 12.2. The molecule has 0 aliphatic carbocycles. The molecule has 3 aliphatic rings. The van der Waals surface area contributed by atoms with Crippen molar-refractivity contribution in [3.63, 3.8) is 0 Å².